The number of hydrogen-bond acceptors (Lipinski definition) is 3. The number of rotatable bonds is 4. The van der Waals surface area contributed by atoms with Crippen molar-refractivity contribution in [2.45, 2.75) is 32.4 Å². The van der Waals surface area contributed by atoms with Gasteiger partial charge in [0.15, 0.2) is 0 Å². The number of piperidine rings is 1. The van der Waals surface area contributed by atoms with Gasteiger partial charge in [0.2, 0.25) is 5.91 Å². The lowest BCUT2D eigenvalue weighted by molar-refractivity contribution is -0.124. The van der Waals surface area contributed by atoms with Crippen LogP contribution in [0.25, 0.3) is 0 Å². The van der Waals surface area contributed by atoms with E-state index in [1.807, 2.05) is 18.2 Å². The number of nitrogens with zero attached hydrogens (tertiary/aromatic N) is 1. The minimum absolute atomic E-state index is 0.0122. The average molecular weight is 262 g/mol. The molecule has 1 saturated heterocycles. The highest BCUT2D eigenvalue weighted by molar-refractivity contribution is 5.76. The van der Waals surface area contributed by atoms with Crippen LogP contribution in [0.15, 0.2) is 24.3 Å². The zero-order valence-electron chi connectivity index (χ0n) is 11.6. The van der Waals surface area contributed by atoms with Crippen LogP contribution in [-0.2, 0) is 11.3 Å². The minimum Gasteiger partial charge on any atom is -0.497 e. The Morgan fingerprint density at radius 3 is 2.95 bits per heavy atom. The Morgan fingerprint density at radius 1 is 1.47 bits per heavy atom. The molecule has 0 aliphatic carbocycles. The Kier molecular flexibility index (Phi) is 4.43. The molecule has 19 heavy (non-hydrogen) atoms. The van der Waals surface area contributed by atoms with Crippen molar-refractivity contribution in [1.82, 2.24) is 4.90 Å². The molecule has 2 atom stereocenters. The lowest BCUT2D eigenvalue weighted by atomic mass is 9.92. The summed E-state index contributed by atoms with van der Waals surface area (Å²) < 4.78 is 5.24. The third kappa shape index (κ3) is 3.47. The first kappa shape index (κ1) is 13.9. The Bertz CT molecular complexity index is 448. The van der Waals surface area contributed by atoms with Crippen LogP contribution in [0.3, 0.4) is 0 Å². The summed E-state index contributed by atoms with van der Waals surface area (Å²) in [5.74, 6) is 0.679. The number of primary amides is 1. The topological polar surface area (TPSA) is 55.6 Å². The maximum atomic E-state index is 11.3. The number of carbonyl (C=O) groups is 1. The summed E-state index contributed by atoms with van der Waals surface area (Å²) in [6.07, 6.45) is 1.93. The lowest BCUT2D eigenvalue weighted by Crippen LogP contribution is -2.45. The van der Waals surface area contributed by atoms with Crippen molar-refractivity contribution in [3.63, 3.8) is 0 Å². The number of nitrogens with two attached hydrogens (primary N) is 1. The van der Waals surface area contributed by atoms with E-state index < -0.39 is 0 Å². The van der Waals surface area contributed by atoms with Gasteiger partial charge in [0.25, 0.3) is 0 Å². The van der Waals surface area contributed by atoms with E-state index in [0.29, 0.717) is 6.04 Å². The quantitative estimate of drug-likeness (QED) is 0.900. The normalized spacial score (nSPS) is 24.1. The highest BCUT2D eigenvalue weighted by atomic mass is 16.5. The fourth-order valence-corrected chi connectivity index (χ4v) is 2.64. The molecule has 0 aromatic heterocycles. The highest BCUT2D eigenvalue weighted by Crippen LogP contribution is 2.24. The van der Waals surface area contributed by atoms with Crippen molar-refractivity contribution in [2.24, 2.45) is 11.7 Å². The van der Waals surface area contributed by atoms with Crippen LogP contribution in [0.1, 0.15) is 25.3 Å². The average Bonchev–Trinajstić information content (AvgIpc) is 2.41. The predicted molar refractivity (Wildman–Crippen MR) is 74.8 cm³/mol. The van der Waals surface area contributed by atoms with Gasteiger partial charge in [0, 0.05) is 19.1 Å². The maximum Gasteiger partial charge on any atom is 0.221 e. The van der Waals surface area contributed by atoms with Gasteiger partial charge in [-0.2, -0.15) is 0 Å². The smallest absolute Gasteiger partial charge is 0.221 e. The zero-order valence-corrected chi connectivity index (χ0v) is 11.6. The molecule has 0 saturated carbocycles. The van der Waals surface area contributed by atoms with Gasteiger partial charge < -0.3 is 10.5 Å². The summed E-state index contributed by atoms with van der Waals surface area (Å²) in [6, 6.07) is 8.55. The van der Waals surface area contributed by atoms with Gasteiger partial charge in [-0.25, -0.2) is 0 Å². The monoisotopic (exact) mass is 262 g/mol. The molecule has 1 aliphatic heterocycles. The highest BCUT2D eigenvalue weighted by Gasteiger charge is 2.28. The predicted octanol–water partition coefficient (Wildman–Crippen LogP) is 1.78. The standard InChI is InChI=1S/C15H22N2O2/c1-11-6-7-13(15(16)18)10-17(11)9-12-4-3-5-14(8-12)19-2/h3-5,8,11,13H,6-7,9-10H2,1-2H3,(H2,16,18). The third-order valence-corrected chi connectivity index (χ3v) is 3.93. The van der Waals surface area contributed by atoms with Crippen LogP contribution >= 0.6 is 0 Å². The molecular formula is C15H22N2O2. The van der Waals surface area contributed by atoms with Gasteiger partial charge in [-0.3, -0.25) is 9.69 Å². The molecule has 4 heteroatoms. The van der Waals surface area contributed by atoms with Crippen molar-refractivity contribution in [2.75, 3.05) is 13.7 Å². The molecule has 1 aromatic rings. The van der Waals surface area contributed by atoms with Crippen molar-refractivity contribution < 1.29 is 9.53 Å². The SMILES string of the molecule is COc1cccc(CN2CC(C(N)=O)CCC2C)c1. The van der Waals surface area contributed by atoms with Gasteiger partial charge in [0.1, 0.15) is 5.75 Å². The summed E-state index contributed by atoms with van der Waals surface area (Å²) in [4.78, 5) is 13.7. The Hall–Kier alpha value is -1.55. The second-order valence-electron chi connectivity index (χ2n) is 5.31. The van der Waals surface area contributed by atoms with Gasteiger partial charge in [-0.15, -0.1) is 0 Å². The van der Waals surface area contributed by atoms with Crippen LogP contribution in [0.5, 0.6) is 5.75 Å². The Morgan fingerprint density at radius 2 is 2.26 bits per heavy atom. The molecule has 0 radical (unpaired) electrons. The van der Waals surface area contributed by atoms with E-state index in [9.17, 15) is 4.79 Å². The molecule has 1 amide bonds. The molecular weight excluding hydrogens is 240 g/mol. The summed E-state index contributed by atoms with van der Waals surface area (Å²) in [5, 5.41) is 0. The number of hydrogen-bond donors (Lipinski definition) is 1. The van der Waals surface area contributed by atoms with Gasteiger partial charge in [-0.05, 0) is 37.5 Å². The largest absolute Gasteiger partial charge is 0.497 e. The summed E-state index contributed by atoms with van der Waals surface area (Å²) in [7, 11) is 1.67. The Labute approximate surface area is 114 Å². The fourth-order valence-electron chi connectivity index (χ4n) is 2.64. The molecule has 104 valence electrons. The molecule has 2 unspecified atom stereocenters. The number of benzene rings is 1. The van der Waals surface area contributed by atoms with E-state index in [1.54, 1.807) is 7.11 Å². The van der Waals surface area contributed by atoms with E-state index >= 15 is 0 Å². The first-order valence-electron chi connectivity index (χ1n) is 6.76. The van der Waals surface area contributed by atoms with Crippen molar-refractivity contribution in [3.05, 3.63) is 29.8 Å². The third-order valence-electron chi connectivity index (χ3n) is 3.93. The van der Waals surface area contributed by atoms with E-state index in [2.05, 4.69) is 17.9 Å². The number of carbonyl (C=O) groups excluding carboxylic acids is 1. The molecule has 1 heterocycles. The van der Waals surface area contributed by atoms with Crippen LogP contribution in [0.4, 0.5) is 0 Å². The lowest BCUT2D eigenvalue weighted by Gasteiger charge is -2.36. The van der Waals surface area contributed by atoms with E-state index in [0.717, 1.165) is 31.7 Å². The van der Waals surface area contributed by atoms with E-state index in [1.165, 1.54) is 5.56 Å². The fraction of sp³-hybridized carbons (Fsp3) is 0.533. The second-order valence-corrected chi connectivity index (χ2v) is 5.31. The number of methoxy groups -OCH3 is 1. The molecule has 4 nitrogen and oxygen atoms in total. The second kappa shape index (κ2) is 6.06. The number of amides is 1. The molecule has 1 fully saturated rings. The molecule has 2 rings (SSSR count). The molecule has 0 spiro atoms. The minimum atomic E-state index is -0.178. The molecule has 1 aliphatic rings. The molecule has 0 bridgehead atoms. The van der Waals surface area contributed by atoms with Gasteiger partial charge >= 0.3 is 0 Å². The van der Waals surface area contributed by atoms with Crippen LogP contribution in [-0.4, -0.2) is 30.5 Å². The van der Waals surface area contributed by atoms with Crippen LogP contribution < -0.4 is 10.5 Å². The van der Waals surface area contributed by atoms with Crippen molar-refractivity contribution in [1.29, 1.82) is 0 Å². The van der Waals surface area contributed by atoms with Gasteiger partial charge in [-0.1, -0.05) is 12.1 Å². The first-order valence-corrected chi connectivity index (χ1v) is 6.76. The maximum absolute atomic E-state index is 11.3. The summed E-state index contributed by atoms with van der Waals surface area (Å²) in [5.41, 5.74) is 6.63. The molecule has 2 N–H and O–H groups in total. The number of likely N-dealkylation sites (tertiary alicyclic amines) is 1. The van der Waals surface area contributed by atoms with E-state index in [4.69, 9.17) is 10.5 Å². The van der Waals surface area contributed by atoms with E-state index in [-0.39, 0.29) is 11.8 Å². The van der Waals surface area contributed by atoms with Crippen molar-refractivity contribution in [3.8, 4) is 5.75 Å². The van der Waals surface area contributed by atoms with Crippen LogP contribution in [0, 0.1) is 5.92 Å². The van der Waals surface area contributed by atoms with Gasteiger partial charge in [0.05, 0.1) is 13.0 Å². The Balaban J connectivity index is 2.05. The molecule has 1 aromatic carbocycles. The zero-order chi connectivity index (χ0) is 13.8. The van der Waals surface area contributed by atoms with Crippen molar-refractivity contribution >= 4 is 5.91 Å². The summed E-state index contributed by atoms with van der Waals surface area (Å²) in [6.45, 7) is 3.80. The van der Waals surface area contributed by atoms with Crippen LogP contribution in [0.2, 0.25) is 0 Å². The first-order chi connectivity index (χ1) is 9.10. The number of ether oxygens (including phenoxy) is 1. The summed E-state index contributed by atoms with van der Waals surface area (Å²) >= 11 is 0.